The fourth-order valence-electron chi connectivity index (χ4n) is 2.40. The van der Waals surface area contributed by atoms with Gasteiger partial charge in [0.25, 0.3) is 5.91 Å². The molecule has 0 saturated heterocycles. The number of nitrogens with zero attached hydrogens (tertiary/aromatic N) is 1. The Kier molecular flexibility index (Phi) is 7.73. The van der Waals surface area contributed by atoms with Crippen molar-refractivity contribution in [2.75, 3.05) is 20.2 Å². The molecular formula is C22H26N2O4S. The summed E-state index contributed by atoms with van der Waals surface area (Å²) in [5.74, 6) is -1.33. The van der Waals surface area contributed by atoms with Gasteiger partial charge in [0.05, 0.1) is 6.54 Å². The SMILES string of the molecule is CN(CC(=O)NC(C)(C)C)C(=O)COC(=O)/C=C/c1ccc(-c2ccccc2)s1. The quantitative estimate of drug-likeness (QED) is 0.557. The number of thiophene rings is 1. The largest absolute Gasteiger partial charge is 0.452 e. The van der Waals surface area contributed by atoms with Crippen molar-refractivity contribution in [3.8, 4) is 10.4 Å². The lowest BCUT2D eigenvalue weighted by Crippen LogP contribution is -2.46. The van der Waals surface area contributed by atoms with Gasteiger partial charge in [-0.05, 0) is 44.5 Å². The predicted octanol–water partition coefficient (Wildman–Crippen LogP) is 3.34. The smallest absolute Gasteiger partial charge is 0.331 e. The fourth-order valence-corrected chi connectivity index (χ4v) is 3.32. The highest BCUT2D eigenvalue weighted by Gasteiger charge is 2.18. The van der Waals surface area contributed by atoms with Crippen molar-refractivity contribution in [3.63, 3.8) is 0 Å². The topological polar surface area (TPSA) is 75.7 Å². The van der Waals surface area contributed by atoms with Crippen LogP contribution in [0.15, 0.2) is 48.5 Å². The number of nitrogens with one attached hydrogen (secondary N) is 1. The van der Waals surface area contributed by atoms with Crippen molar-refractivity contribution in [2.24, 2.45) is 0 Å². The van der Waals surface area contributed by atoms with Crippen LogP contribution in [0.1, 0.15) is 25.6 Å². The summed E-state index contributed by atoms with van der Waals surface area (Å²) < 4.78 is 4.98. The van der Waals surface area contributed by atoms with Crippen LogP contribution in [-0.4, -0.2) is 48.4 Å². The Morgan fingerprint density at radius 3 is 2.45 bits per heavy atom. The molecule has 0 aliphatic heterocycles. The van der Waals surface area contributed by atoms with E-state index in [1.165, 1.54) is 18.0 Å². The minimum absolute atomic E-state index is 0.0963. The first-order valence-corrected chi connectivity index (χ1v) is 10.0. The third kappa shape index (κ3) is 7.91. The maximum atomic E-state index is 12.0. The summed E-state index contributed by atoms with van der Waals surface area (Å²) in [6.45, 7) is 5.06. The number of carbonyl (C=O) groups is 3. The van der Waals surface area contributed by atoms with Crippen molar-refractivity contribution in [2.45, 2.75) is 26.3 Å². The number of carbonyl (C=O) groups excluding carboxylic acids is 3. The summed E-state index contributed by atoms with van der Waals surface area (Å²) >= 11 is 1.55. The molecule has 0 bridgehead atoms. The number of likely N-dealkylation sites (N-methyl/N-ethyl adjacent to an activating group) is 1. The zero-order chi connectivity index (χ0) is 21.4. The zero-order valence-electron chi connectivity index (χ0n) is 17.1. The van der Waals surface area contributed by atoms with Crippen LogP contribution >= 0.6 is 11.3 Å². The molecule has 7 heteroatoms. The summed E-state index contributed by atoms with van der Waals surface area (Å²) in [6.07, 6.45) is 2.95. The normalized spacial score (nSPS) is 11.3. The van der Waals surface area contributed by atoms with Crippen molar-refractivity contribution in [3.05, 3.63) is 53.4 Å². The molecular weight excluding hydrogens is 388 g/mol. The second-order valence-corrected chi connectivity index (χ2v) is 8.67. The molecule has 1 N–H and O–H groups in total. The Morgan fingerprint density at radius 2 is 1.79 bits per heavy atom. The molecule has 29 heavy (non-hydrogen) atoms. The van der Waals surface area contributed by atoms with Crippen LogP contribution in [-0.2, 0) is 19.1 Å². The van der Waals surface area contributed by atoms with Crippen LogP contribution in [0.2, 0.25) is 0 Å². The highest BCUT2D eigenvalue weighted by Crippen LogP contribution is 2.28. The third-order valence-electron chi connectivity index (χ3n) is 3.73. The number of rotatable bonds is 7. The average Bonchev–Trinajstić information content (AvgIpc) is 3.12. The standard InChI is InChI=1S/C22H26N2O4S/c1-22(2,3)23-19(25)14-24(4)20(26)15-28-21(27)13-11-17-10-12-18(29-17)16-8-6-5-7-9-16/h5-13H,14-15H2,1-4H3,(H,23,25)/b13-11+. The van der Waals surface area contributed by atoms with E-state index in [1.807, 2.05) is 63.2 Å². The Hall–Kier alpha value is -2.93. The molecule has 154 valence electrons. The van der Waals surface area contributed by atoms with Crippen LogP contribution in [0, 0.1) is 0 Å². The van der Waals surface area contributed by atoms with Gasteiger partial charge in [0.15, 0.2) is 6.61 Å². The van der Waals surface area contributed by atoms with Crippen molar-refractivity contribution < 1.29 is 19.1 Å². The van der Waals surface area contributed by atoms with Crippen molar-refractivity contribution in [1.82, 2.24) is 10.2 Å². The van der Waals surface area contributed by atoms with Crippen molar-refractivity contribution in [1.29, 1.82) is 0 Å². The van der Waals surface area contributed by atoms with Crippen LogP contribution < -0.4 is 5.32 Å². The van der Waals surface area contributed by atoms with E-state index in [2.05, 4.69) is 5.32 Å². The molecule has 0 atom stereocenters. The number of ether oxygens (including phenoxy) is 1. The molecule has 0 fully saturated rings. The molecule has 0 aliphatic rings. The molecule has 2 aromatic rings. The van der Waals surface area contributed by atoms with E-state index >= 15 is 0 Å². The van der Waals surface area contributed by atoms with E-state index in [4.69, 9.17) is 4.74 Å². The summed E-state index contributed by atoms with van der Waals surface area (Å²) in [6, 6.07) is 13.9. The second kappa shape index (κ2) is 10.0. The molecule has 0 saturated carbocycles. The molecule has 0 radical (unpaired) electrons. The van der Waals surface area contributed by atoms with Gasteiger partial charge in [-0.3, -0.25) is 9.59 Å². The summed E-state index contributed by atoms with van der Waals surface area (Å²) in [5, 5.41) is 2.77. The number of hydrogen-bond donors (Lipinski definition) is 1. The molecule has 6 nitrogen and oxygen atoms in total. The van der Waals surface area contributed by atoms with E-state index in [-0.39, 0.29) is 18.0 Å². The van der Waals surface area contributed by atoms with E-state index in [9.17, 15) is 14.4 Å². The zero-order valence-corrected chi connectivity index (χ0v) is 17.9. The highest BCUT2D eigenvalue weighted by atomic mass is 32.1. The summed E-state index contributed by atoms with van der Waals surface area (Å²) in [4.78, 5) is 39.0. The minimum Gasteiger partial charge on any atom is -0.452 e. The lowest BCUT2D eigenvalue weighted by atomic mass is 10.1. The Labute approximate surface area is 175 Å². The van der Waals surface area contributed by atoms with Crippen LogP contribution in [0.3, 0.4) is 0 Å². The lowest BCUT2D eigenvalue weighted by molar-refractivity contribution is -0.148. The molecule has 1 heterocycles. The third-order valence-corrected chi connectivity index (χ3v) is 4.83. The van der Waals surface area contributed by atoms with Gasteiger partial charge in [-0.2, -0.15) is 0 Å². The second-order valence-electron chi connectivity index (χ2n) is 7.56. The van der Waals surface area contributed by atoms with Gasteiger partial charge in [0.2, 0.25) is 5.91 Å². The van der Waals surface area contributed by atoms with Gasteiger partial charge >= 0.3 is 5.97 Å². The number of benzene rings is 1. The summed E-state index contributed by atoms with van der Waals surface area (Å²) in [5.41, 5.74) is 0.740. The van der Waals surface area contributed by atoms with Crippen LogP contribution in [0.4, 0.5) is 0 Å². The average molecular weight is 415 g/mol. The highest BCUT2D eigenvalue weighted by molar-refractivity contribution is 7.16. The summed E-state index contributed by atoms with van der Waals surface area (Å²) in [7, 11) is 1.49. The van der Waals surface area contributed by atoms with Gasteiger partial charge in [-0.1, -0.05) is 30.3 Å². The molecule has 2 rings (SSSR count). The predicted molar refractivity (Wildman–Crippen MR) is 115 cm³/mol. The van der Waals surface area contributed by atoms with Gasteiger partial charge in [0.1, 0.15) is 0 Å². The molecule has 2 amide bonds. The lowest BCUT2D eigenvalue weighted by Gasteiger charge is -2.23. The van der Waals surface area contributed by atoms with E-state index < -0.39 is 18.5 Å². The van der Waals surface area contributed by atoms with Gasteiger partial charge in [-0.15, -0.1) is 11.3 Å². The molecule has 1 aromatic heterocycles. The van der Waals surface area contributed by atoms with E-state index in [1.54, 1.807) is 17.4 Å². The molecule has 0 aliphatic carbocycles. The molecule has 0 spiro atoms. The fraction of sp³-hybridized carbons (Fsp3) is 0.318. The van der Waals surface area contributed by atoms with Gasteiger partial charge < -0.3 is 15.0 Å². The number of esters is 1. The van der Waals surface area contributed by atoms with Crippen molar-refractivity contribution >= 4 is 35.2 Å². The Bertz CT molecular complexity index is 882. The maximum absolute atomic E-state index is 12.0. The van der Waals surface area contributed by atoms with Crippen LogP contribution in [0.5, 0.6) is 0 Å². The molecule has 0 unspecified atom stereocenters. The number of amides is 2. The van der Waals surface area contributed by atoms with Gasteiger partial charge in [-0.25, -0.2) is 4.79 Å². The van der Waals surface area contributed by atoms with E-state index in [0.717, 1.165) is 15.3 Å². The maximum Gasteiger partial charge on any atom is 0.331 e. The first-order chi connectivity index (χ1) is 13.6. The van der Waals surface area contributed by atoms with E-state index in [0.29, 0.717) is 0 Å². The Morgan fingerprint density at radius 1 is 1.10 bits per heavy atom. The minimum atomic E-state index is -0.611. The monoisotopic (exact) mass is 414 g/mol. The first-order valence-electron chi connectivity index (χ1n) is 9.19. The van der Waals surface area contributed by atoms with Crippen LogP contribution in [0.25, 0.3) is 16.5 Å². The Balaban J connectivity index is 1.80. The first kappa shape index (κ1) is 22.4. The molecule has 1 aromatic carbocycles. The van der Waals surface area contributed by atoms with Gasteiger partial charge in [0, 0.05) is 28.4 Å². The number of hydrogen-bond acceptors (Lipinski definition) is 5.